The molecule has 104 valence electrons. The molecule has 2 aliphatic rings. The van der Waals surface area contributed by atoms with Crippen molar-refractivity contribution in [2.24, 2.45) is 5.84 Å². The van der Waals surface area contributed by atoms with E-state index in [-0.39, 0.29) is 12.1 Å². The van der Waals surface area contributed by atoms with Crippen molar-refractivity contribution in [2.45, 2.75) is 18.6 Å². The average Bonchev–Trinajstić information content (AvgIpc) is 2.87. The predicted octanol–water partition coefficient (Wildman–Crippen LogP) is 0.457. The molecule has 0 amide bonds. The summed E-state index contributed by atoms with van der Waals surface area (Å²) in [5.74, 6) is 6.75. The summed E-state index contributed by atoms with van der Waals surface area (Å²) in [5.41, 5.74) is 5.35. The molecule has 5 heteroatoms. The van der Waals surface area contributed by atoms with Crippen LogP contribution in [0.1, 0.15) is 17.2 Å². The van der Waals surface area contributed by atoms with Gasteiger partial charge < -0.3 is 14.4 Å². The van der Waals surface area contributed by atoms with Gasteiger partial charge in [-0.2, -0.15) is 0 Å². The topological polar surface area (TPSA) is 59.8 Å². The maximum atomic E-state index is 5.86. The van der Waals surface area contributed by atoms with Crippen LogP contribution in [0, 0.1) is 0 Å². The van der Waals surface area contributed by atoms with Crippen molar-refractivity contribution < 1.29 is 9.47 Å². The zero-order chi connectivity index (χ0) is 13.2. The molecule has 2 aliphatic heterocycles. The average molecular weight is 263 g/mol. The maximum Gasteiger partial charge on any atom is 0.122 e. The Bertz CT molecular complexity index is 452. The van der Waals surface area contributed by atoms with Gasteiger partial charge in [-0.3, -0.25) is 11.3 Å². The second kappa shape index (κ2) is 5.46. The Morgan fingerprint density at radius 1 is 1.42 bits per heavy atom. The molecule has 3 N–H and O–H groups in total. The molecule has 0 bridgehead atoms. The molecule has 1 fully saturated rings. The van der Waals surface area contributed by atoms with Gasteiger partial charge in [0.25, 0.3) is 0 Å². The van der Waals surface area contributed by atoms with E-state index in [1.807, 2.05) is 6.07 Å². The van der Waals surface area contributed by atoms with Crippen molar-refractivity contribution in [3.05, 3.63) is 29.3 Å². The molecule has 19 heavy (non-hydrogen) atoms. The van der Waals surface area contributed by atoms with Crippen molar-refractivity contribution in [3.8, 4) is 5.75 Å². The molecule has 0 radical (unpaired) electrons. The number of rotatable bonds is 3. The van der Waals surface area contributed by atoms with E-state index in [0.717, 1.165) is 38.5 Å². The first-order valence-corrected chi connectivity index (χ1v) is 6.80. The Balaban J connectivity index is 1.81. The maximum absolute atomic E-state index is 5.86. The number of ether oxygens (including phenoxy) is 2. The predicted molar refractivity (Wildman–Crippen MR) is 72.9 cm³/mol. The quantitative estimate of drug-likeness (QED) is 0.613. The Morgan fingerprint density at radius 2 is 2.32 bits per heavy atom. The molecular weight excluding hydrogens is 242 g/mol. The fourth-order valence-corrected chi connectivity index (χ4v) is 2.83. The van der Waals surface area contributed by atoms with E-state index in [4.69, 9.17) is 15.3 Å². The fourth-order valence-electron chi connectivity index (χ4n) is 2.83. The highest BCUT2D eigenvalue weighted by atomic mass is 16.5. The summed E-state index contributed by atoms with van der Waals surface area (Å²) in [6.45, 7) is 3.41. The van der Waals surface area contributed by atoms with Crippen molar-refractivity contribution in [2.75, 3.05) is 33.4 Å². The van der Waals surface area contributed by atoms with E-state index in [1.54, 1.807) is 0 Å². The van der Waals surface area contributed by atoms with E-state index in [9.17, 15) is 0 Å². The summed E-state index contributed by atoms with van der Waals surface area (Å²) >= 11 is 0. The molecule has 0 saturated carbocycles. The van der Waals surface area contributed by atoms with Crippen LogP contribution in [0.4, 0.5) is 0 Å². The monoisotopic (exact) mass is 263 g/mol. The Hall–Kier alpha value is -1.14. The zero-order valence-electron chi connectivity index (χ0n) is 11.3. The largest absolute Gasteiger partial charge is 0.493 e. The number of benzene rings is 1. The number of likely N-dealkylation sites (N-methyl/N-ethyl adjacent to an activating group) is 1. The van der Waals surface area contributed by atoms with Crippen LogP contribution < -0.4 is 16.0 Å². The highest BCUT2D eigenvalue weighted by Gasteiger charge is 2.28. The minimum absolute atomic E-state index is 0.0219. The third-order valence-corrected chi connectivity index (χ3v) is 3.92. The lowest BCUT2D eigenvalue weighted by Crippen LogP contribution is -2.48. The number of nitrogens with two attached hydrogens (primary N) is 1. The molecule has 0 aromatic heterocycles. The van der Waals surface area contributed by atoms with Gasteiger partial charge in [0.2, 0.25) is 0 Å². The number of hydrogen-bond donors (Lipinski definition) is 2. The van der Waals surface area contributed by atoms with Gasteiger partial charge in [0.15, 0.2) is 0 Å². The van der Waals surface area contributed by atoms with Gasteiger partial charge >= 0.3 is 0 Å². The molecular formula is C14H21N3O2. The summed E-state index contributed by atoms with van der Waals surface area (Å²) in [6.07, 6.45) is 1.07. The van der Waals surface area contributed by atoms with Crippen LogP contribution >= 0.6 is 0 Å². The third kappa shape index (κ3) is 2.60. The lowest BCUT2D eigenvalue weighted by molar-refractivity contribution is -0.0393. The summed E-state index contributed by atoms with van der Waals surface area (Å²) in [5, 5.41) is 0. The molecule has 1 aromatic carbocycles. The third-order valence-electron chi connectivity index (χ3n) is 3.92. The minimum Gasteiger partial charge on any atom is -0.493 e. The zero-order valence-corrected chi connectivity index (χ0v) is 11.3. The molecule has 1 saturated heterocycles. The first-order valence-electron chi connectivity index (χ1n) is 6.80. The SMILES string of the molecule is CN1CCOC(C(NN)c2ccc3c(c2)CCO3)C1. The molecule has 1 aromatic rings. The Kier molecular flexibility index (Phi) is 3.70. The molecule has 5 nitrogen and oxygen atoms in total. The van der Waals surface area contributed by atoms with Gasteiger partial charge in [-0.05, 0) is 24.2 Å². The van der Waals surface area contributed by atoms with E-state index in [2.05, 4.69) is 29.5 Å². The molecule has 2 unspecified atom stereocenters. The van der Waals surface area contributed by atoms with Crippen molar-refractivity contribution in [1.82, 2.24) is 10.3 Å². The number of fused-ring (bicyclic) bond motifs is 1. The van der Waals surface area contributed by atoms with Gasteiger partial charge in [-0.25, -0.2) is 0 Å². The van der Waals surface area contributed by atoms with Gasteiger partial charge in [0.05, 0.1) is 25.4 Å². The number of hydrazine groups is 1. The summed E-state index contributed by atoms with van der Waals surface area (Å²) in [6, 6.07) is 6.32. The van der Waals surface area contributed by atoms with Crippen molar-refractivity contribution >= 4 is 0 Å². The van der Waals surface area contributed by atoms with Gasteiger partial charge in [0.1, 0.15) is 5.75 Å². The summed E-state index contributed by atoms with van der Waals surface area (Å²) < 4.78 is 11.4. The van der Waals surface area contributed by atoms with E-state index < -0.39 is 0 Å². The molecule has 0 aliphatic carbocycles. The molecule has 2 atom stereocenters. The number of hydrogen-bond acceptors (Lipinski definition) is 5. The van der Waals surface area contributed by atoms with Crippen molar-refractivity contribution in [1.29, 1.82) is 0 Å². The first kappa shape index (κ1) is 12.9. The molecule has 3 rings (SSSR count). The lowest BCUT2D eigenvalue weighted by atomic mass is 9.98. The van der Waals surface area contributed by atoms with Gasteiger partial charge in [-0.1, -0.05) is 12.1 Å². The van der Waals surface area contributed by atoms with E-state index in [1.165, 1.54) is 11.1 Å². The second-order valence-electron chi connectivity index (χ2n) is 5.28. The molecule has 0 spiro atoms. The van der Waals surface area contributed by atoms with Crippen LogP contribution in [0.5, 0.6) is 5.75 Å². The number of morpholine rings is 1. The highest BCUT2D eigenvalue weighted by Crippen LogP contribution is 2.30. The number of nitrogens with one attached hydrogen (secondary N) is 1. The molecule has 2 heterocycles. The second-order valence-corrected chi connectivity index (χ2v) is 5.28. The summed E-state index contributed by atoms with van der Waals surface area (Å²) in [7, 11) is 2.11. The van der Waals surface area contributed by atoms with Crippen LogP contribution in [0.2, 0.25) is 0 Å². The van der Waals surface area contributed by atoms with Gasteiger partial charge in [0, 0.05) is 19.5 Å². The van der Waals surface area contributed by atoms with Crippen LogP contribution in [-0.2, 0) is 11.2 Å². The van der Waals surface area contributed by atoms with Crippen LogP contribution in [0.15, 0.2) is 18.2 Å². The highest BCUT2D eigenvalue weighted by molar-refractivity contribution is 5.41. The summed E-state index contributed by atoms with van der Waals surface area (Å²) in [4.78, 5) is 2.27. The fraction of sp³-hybridized carbons (Fsp3) is 0.571. The van der Waals surface area contributed by atoms with Crippen LogP contribution in [-0.4, -0.2) is 44.4 Å². The lowest BCUT2D eigenvalue weighted by Gasteiger charge is -2.35. The van der Waals surface area contributed by atoms with E-state index >= 15 is 0 Å². The first-order chi connectivity index (χ1) is 9.28. The Labute approximate surface area is 113 Å². The normalized spacial score (nSPS) is 24.8. The number of nitrogens with zero attached hydrogens (tertiary/aromatic N) is 1. The van der Waals surface area contributed by atoms with Gasteiger partial charge in [-0.15, -0.1) is 0 Å². The van der Waals surface area contributed by atoms with Crippen molar-refractivity contribution in [3.63, 3.8) is 0 Å². The smallest absolute Gasteiger partial charge is 0.122 e. The van der Waals surface area contributed by atoms with Crippen LogP contribution in [0.25, 0.3) is 0 Å². The van der Waals surface area contributed by atoms with E-state index in [0.29, 0.717) is 0 Å². The standard InChI is InChI=1S/C14H21N3O2/c1-17-5-7-19-13(9-17)14(16-15)11-2-3-12-10(8-11)4-6-18-12/h2-3,8,13-14,16H,4-7,9,15H2,1H3. The minimum atomic E-state index is 0.0219. The Morgan fingerprint density at radius 3 is 3.11 bits per heavy atom. The van der Waals surface area contributed by atoms with Crippen LogP contribution in [0.3, 0.4) is 0 Å².